The van der Waals surface area contributed by atoms with Crippen molar-refractivity contribution >= 4 is 5.97 Å². The first kappa shape index (κ1) is 15.8. The summed E-state index contributed by atoms with van der Waals surface area (Å²) >= 11 is 0. The second kappa shape index (κ2) is 6.91. The van der Waals surface area contributed by atoms with E-state index in [-0.39, 0.29) is 12.1 Å². The van der Waals surface area contributed by atoms with Crippen LogP contribution in [-0.4, -0.2) is 34.7 Å². The Labute approximate surface area is 125 Å². The zero-order chi connectivity index (χ0) is 15.4. The summed E-state index contributed by atoms with van der Waals surface area (Å²) in [6, 6.07) is 5.60. The van der Waals surface area contributed by atoms with E-state index in [1.807, 2.05) is 36.9 Å². The molecule has 0 spiro atoms. The first-order valence-corrected chi connectivity index (χ1v) is 7.46. The molecule has 1 unspecified atom stereocenters. The van der Waals surface area contributed by atoms with E-state index in [1.54, 1.807) is 0 Å². The number of carbonyl (C=O) groups is 1. The van der Waals surface area contributed by atoms with Crippen molar-refractivity contribution in [2.75, 3.05) is 6.54 Å². The Hall–Kier alpha value is -1.59. The molecule has 0 aromatic heterocycles. The van der Waals surface area contributed by atoms with Crippen LogP contribution in [0.2, 0.25) is 0 Å². The number of carboxylic acids is 1. The van der Waals surface area contributed by atoms with E-state index in [9.17, 15) is 9.90 Å². The maximum atomic E-state index is 11.2. The monoisotopic (exact) mass is 292 g/mol. The lowest BCUT2D eigenvalue weighted by Crippen LogP contribution is -2.35. The minimum atomic E-state index is -0.732. The normalized spacial score (nSPS) is 19.1. The fraction of sp³-hybridized carbons (Fsp3) is 0.562. The van der Waals surface area contributed by atoms with Crippen molar-refractivity contribution < 1.29 is 14.6 Å². The SMILES string of the molecule is CC(C)Oc1cc(CN2CCCC2C(=O)O)ccc1CN. The van der Waals surface area contributed by atoms with Gasteiger partial charge in [-0.15, -0.1) is 0 Å². The van der Waals surface area contributed by atoms with Gasteiger partial charge >= 0.3 is 5.97 Å². The predicted octanol–water partition coefficient (Wildman–Crippen LogP) is 1.98. The summed E-state index contributed by atoms with van der Waals surface area (Å²) in [4.78, 5) is 13.2. The third-order valence-electron chi connectivity index (χ3n) is 3.75. The topological polar surface area (TPSA) is 75.8 Å². The Morgan fingerprint density at radius 1 is 1.52 bits per heavy atom. The number of ether oxygens (including phenoxy) is 1. The molecule has 0 radical (unpaired) electrons. The molecule has 1 aromatic rings. The van der Waals surface area contributed by atoms with Gasteiger partial charge in [-0.05, 0) is 44.9 Å². The summed E-state index contributed by atoms with van der Waals surface area (Å²) < 4.78 is 5.80. The molecule has 1 fully saturated rings. The molecule has 2 rings (SSSR count). The van der Waals surface area contributed by atoms with Gasteiger partial charge in [-0.1, -0.05) is 12.1 Å². The number of nitrogens with zero attached hydrogens (tertiary/aromatic N) is 1. The number of aliphatic carboxylic acids is 1. The van der Waals surface area contributed by atoms with Gasteiger partial charge in [0.1, 0.15) is 11.8 Å². The molecular formula is C16H24N2O3. The van der Waals surface area contributed by atoms with E-state index in [4.69, 9.17) is 10.5 Å². The molecule has 0 amide bonds. The molecule has 1 heterocycles. The minimum absolute atomic E-state index is 0.0871. The summed E-state index contributed by atoms with van der Waals surface area (Å²) in [6.07, 6.45) is 1.75. The number of likely N-dealkylation sites (tertiary alicyclic amines) is 1. The fourth-order valence-electron chi connectivity index (χ4n) is 2.76. The standard InChI is InChI=1S/C16H24N2O3/c1-11(2)21-15-8-12(5-6-13(15)9-17)10-18-7-3-4-14(18)16(19)20/h5-6,8,11,14H,3-4,7,9-10,17H2,1-2H3,(H,19,20). The Bertz CT molecular complexity index is 502. The number of nitrogens with two attached hydrogens (primary N) is 1. The van der Waals surface area contributed by atoms with Gasteiger partial charge in [-0.2, -0.15) is 0 Å². The zero-order valence-corrected chi connectivity index (χ0v) is 12.7. The first-order chi connectivity index (χ1) is 10.0. The van der Waals surface area contributed by atoms with Gasteiger partial charge in [0.2, 0.25) is 0 Å². The molecule has 0 bridgehead atoms. The molecule has 1 aliphatic heterocycles. The van der Waals surface area contributed by atoms with Crippen molar-refractivity contribution in [1.82, 2.24) is 4.90 Å². The Morgan fingerprint density at radius 3 is 2.90 bits per heavy atom. The van der Waals surface area contributed by atoms with Crippen LogP contribution in [0.1, 0.15) is 37.8 Å². The van der Waals surface area contributed by atoms with Gasteiger partial charge in [-0.3, -0.25) is 9.69 Å². The molecule has 5 heteroatoms. The van der Waals surface area contributed by atoms with Crippen LogP contribution < -0.4 is 10.5 Å². The molecule has 1 atom stereocenters. The third-order valence-corrected chi connectivity index (χ3v) is 3.75. The molecule has 1 aliphatic rings. The summed E-state index contributed by atoms with van der Waals surface area (Å²) in [6.45, 7) is 5.86. The van der Waals surface area contributed by atoms with E-state index in [1.165, 1.54) is 0 Å². The largest absolute Gasteiger partial charge is 0.491 e. The Morgan fingerprint density at radius 2 is 2.29 bits per heavy atom. The Balaban J connectivity index is 2.14. The molecule has 3 N–H and O–H groups in total. The highest BCUT2D eigenvalue weighted by molar-refractivity contribution is 5.73. The quantitative estimate of drug-likeness (QED) is 0.838. The third kappa shape index (κ3) is 3.95. The minimum Gasteiger partial charge on any atom is -0.491 e. The van der Waals surface area contributed by atoms with Gasteiger partial charge in [0.05, 0.1) is 6.10 Å². The van der Waals surface area contributed by atoms with Crippen molar-refractivity contribution in [3.05, 3.63) is 29.3 Å². The van der Waals surface area contributed by atoms with Crippen molar-refractivity contribution in [2.45, 2.75) is 51.9 Å². The number of hydrogen-bond acceptors (Lipinski definition) is 4. The number of rotatable bonds is 6. The van der Waals surface area contributed by atoms with Crippen molar-refractivity contribution in [2.24, 2.45) is 5.73 Å². The van der Waals surface area contributed by atoms with E-state index in [0.29, 0.717) is 13.1 Å². The molecule has 116 valence electrons. The van der Waals surface area contributed by atoms with Gasteiger partial charge < -0.3 is 15.6 Å². The van der Waals surface area contributed by atoms with Crippen LogP contribution in [0.4, 0.5) is 0 Å². The highest BCUT2D eigenvalue weighted by atomic mass is 16.5. The van der Waals surface area contributed by atoms with Crippen LogP contribution in [-0.2, 0) is 17.9 Å². The maximum absolute atomic E-state index is 11.2. The van der Waals surface area contributed by atoms with Crippen LogP contribution in [0.5, 0.6) is 5.75 Å². The van der Waals surface area contributed by atoms with Gasteiger partial charge in [0.15, 0.2) is 0 Å². The van der Waals surface area contributed by atoms with Crippen LogP contribution >= 0.6 is 0 Å². The van der Waals surface area contributed by atoms with Gasteiger partial charge in [0.25, 0.3) is 0 Å². The van der Waals surface area contributed by atoms with E-state index in [2.05, 4.69) is 0 Å². The Kier molecular flexibility index (Phi) is 5.20. The highest BCUT2D eigenvalue weighted by Gasteiger charge is 2.30. The van der Waals surface area contributed by atoms with Crippen molar-refractivity contribution in [3.63, 3.8) is 0 Å². The number of benzene rings is 1. The number of carboxylic acid groups (broad SMARTS) is 1. The molecular weight excluding hydrogens is 268 g/mol. The second-order valence-corrected chi connectivity index (χ2v) is 5.78. The van der Waals surface area contributed by atoms with Crippen LogP contribution in [0, 0.1) is 0 Å². The number of hydrogen-bond donors (Lipinski definition) is 2. The molecule has 5 nitrogen and oxygen atoms in total. The smallest absolute Gasteiger partial charge is 0.320 e. The molecule has 0 aliphatic carbocycles. The van der Waals surface area contributed by atoms with Gasteiger partial charge in [0, 0.05) is 18.7 Å². The zero-order valence-electron chi connectivity index (χ0n) is 12.7. The molecule has 21 heavy (non-hydrogen) atoms. The molecule has 1 aromatic carbocycles. The maximum Gasteiger partial charge on any atom is 0.320 e. The summed E-state index contributed by atoms with van der Waals surface area (Å²) in [7, 11) is 0. The van der Waals surface area contributed by atoms with Crippen LogP contribution in [0.3, 0.4) is 0 Å². The first-order valence-electron chi connectivity index (χ1n) is 7.46. The summed E-state index contributed by atoms with van der Waals surface area (Å²) in [5.41, 5.74) is 7.78. The summed E-state index contributed by atoms with van der Waals surface area (Å²) in [5.74, 6) is 0.0702. The van der Waals surface area contributed by atoms with Gasteiger partial charge in [-0.25, -0.2) is 0 Å². The van der Waals surface area contributed by atoms with Crippen LogP contribution in [0.15, 0.2) is 18.2 Å². The highest BCUT2D eigenvalue weighted by Crippen LogP contribution is 2.25. The second-order valence-electron chi connectivity index (χ2n) is 5.78. The van der Waals surface area contributed by atoms with E-state index in [0.717, 1.165) is 36.3 Å². The lowest BCUT2D eigenvalue weighted by atomic mass is 10.1. The molecule has 1 saturated heterocycles. The lowest BCUT2D eigenvalue weighted by Gasteiger charge is -2.22. The van der Waals surface area contributed by atoms with Crippen LogP contribution in [0.25, 0.3) is 0 Å². The average molecular weight is 292 g/mol. The fourth-order valence-corrected chi connectivity index (χ4v) is 2.76. The predicted molar refractivity (Wildman–Crippen MR) is 81.2 cm³/mol. The average Bonchev–Trinajstić information content (AvgIpc) is 2.86. The van der Waals surface area contributed by atoms with Crippen molar-refractivity contribution in [3.8, 4) is 5.75 Å². The van der Waals surface area contributed by atoms with E-state index >= 15 is 0 Å². The molecule has 0 saturated carbocycles. The van der Waals surface area contributed by atoms with E-state index < -0.39 is 5.97 Å². The lowest BCUT2D eigenvalue weighted by molar-refractivity contribution is -0.142. The van der Waals surface area contributed by atoms with Crippen molar-refractivity contribution in [1.29, 1.82) is 0 Å². The summed E-state index contributed by atoms with van der Waals surface area (Å²) in [5, 5.41) is 9.23.